The molecule has 0 spiro atoms. The van der Waals surface area contributed by atoms with E-state index in [0.29, 0.717) is 24.3 Å². The van der Waals surface area contributed by atoms with E-state index in [1.807, 2.05) is 23.1 Å². The first kappa shape index (κ1) is 20.1. The minimum absolute atomic E-state index is 0.221. The molecule has 0 saturated carbocycles. The fourth-order valence-electron chi connectivity index (χ4n) is 3.76. The first-order chi connectivity index (χ1) is 13.7. The average Bonchev–Trinajstić information content (AvgIpc) is 2.77. The first-order valence-electron chi connectivity index (χ1n) is 9.97. The van der Waals surface area contributed by atoms with Gasteiger partial charge in [-0.15, -0.1) is 0 Å². The van der Waals surface area contributed by atoms with Gasteiger partial charge in [0.2, 0.25) is 5.91 Å². The maximum absolute atomic E-state index is 12.7. The van der Waals surface area contributed by atoms with Gasteiger partial charge in [0.15, 0.2) is 11.5 Å². The zero-order valence-corrected chi connectivity index (χ0v) is 17.1. The number of piperazine rings is 1. The van der Waals surface area contributed by atoms with Crippen LogP contribution in [-0.4, -0.2) is 51.2 Å². The Morgan fingerprint density at radius 3 is 2.36 bits per heavy atom. The number of carbonyl (C=O) groups excluding carboxylic acids is 1. The number of methoxy groups -OCH3 is 2. The molecule has 28 heavy (non-hydrogen) atoms. The first-order valence-corrected chi connectivity index (χ1v) is 9.97. The minimum atomic E-state index is 0.221. The van der Waals surface area contributed by atoms with Crippen molar-refractivity contribution in [3.63, 3.8) is 0 Å². The van der Waals surface area contributed by atoms with Crippen molar-refractivity contribution < 1.29 is 14.3 Å². The van der Waals surface area contributed by atoms with Gasteiger partial charge in [-0.05, 0) is 42.2 Å². The zero-order chi connectivity index (χ0) is 19.9. The molecule has 3 rings (SSSR count). The second kappa shape index (κ2) is 9.49. The van der Waals surface area contributed by atoms with Gasteiger partial charge in [-0.25, -0.2) is 0 Å². The number of hydrogen-bond donors (Lipinski definition) is 0. The Morgan fingerprint density at radius 1 is 0.964 bits per heavy atom. The fraction of sp³-hybridized carbons (Fsp3) is 0.435. The van der Waals surface area contributed by atoms with E-state index in [2.05, 4.69) is 36.1 Å². The lowest BCUT2D eigenvalue weighted by Crippen LogP contribution is -2.49. The number of hydrogen-bond acceptors (Lipinski definition) is 4. The number of nitrogens with zero attached hydrogens (tertiary/aromatic N) is 2. The van der Waals surface area contributed by atoms with Crippen LogP contribution in [0.5, 0.6) is 11.5 Å². The highest BCUT2D eigenvalue weighted by Crippen LogP contribution is 2.28. The third kappa shape index (κ3) is 4.58. The second-order valence-electron chi connectivity index (χ2n) is 7.04. The molecule has 1 amide bonds. The summed E-state index contributed by atoms with van der Waals surface area (Å²) in [5.74, 6) is 1.63. The second-order valence-corrected chi connectivity index (χ2v) is 7.04. The molecule has 1 saturated heterocycles. The van der Waals surface area contributed by atoms with Crippen LogP contribution in [0.1, 0.15) is 24.5 Å². The molecule has 0 bridgehead atoms. The summed E-state index contributed by atoms with van der Waals surface area (Å²) >= 11 is 0. The Hall–Kier alpha value is -2.69. The maximum atomic E-state index is 12.7. The Balaban J connectivity index is 1.53. The Morgan fingerprint density at radius 2 is 1.68 bits per heavy atom. The van der Waals surface area contributed by atoms with Gasteiger partial charge in [0, 0.05) is 38.3 Å². The predicted molar refractivity (Wildman–Crippen MR) is 112 cm³/mol. The Kier molecular flexibility index (Phi) is 6.80. The number of aryl methyl sites for hydroxylation is 2. The molecular weight excluding hydrogens is 352 g/mol. The van der Waals surface area contributed by atoms with Gasteiger partial charge in [0.1, 0.15) is 0 Å². The molecule has 0 radical (unpaired) electrons. The van der Waals surface area contributed by atoms with Crippen molar-refractivity contribution in [3.8, 4) is 11.5 Å². The predicted octanol–water partition coefficient (Wildman–Crippen LogP) is 3.55. The molecule has 0 aliphatic carbocycles. The van der Waals surface area contributed by atoms with Gasteiger partial charge >= 0.3 is 0 Å². The van der Waals surface area contributed by atoms with Crippen molar-refractivity contribution in [1.29, 1.82) is 0 Å². The summed E-state index contributed by atoms with van der Waals surface area (Å²) in [7, 11) is 3.25. The normalized spacial score (nSPS) is 14.1. The number of ether oxygens (including phenoxy) is 2. The van der Waals surface area contributed by atoms with Crippen LogP contribution in [-0.2, 0) is 17.6 Å². The van der Waals surface area contributed by atoms with Gasteiger partial charge < -0.3 is 19.3 Å². The summed E-state index contributed by atoms with van der Waals surface area (Å²) in [4.78, 5) is 17.1. The molecule has 1 fully saturated rings. The van der Waals surface area contributed by atoms with Crippen molar-refractivity contribution in [2.24, 2.45) is 0 Å². The summed E-state index contributed by atoms with van der Waals surface area (Å²) in [6, 6.07) is 14.4. The maximum Gasteiger partial charge on any atom is 0.223 e. The van der Waals surface area contributed by atoms with Crippen molar-refractivity contribution in [3.05, 3.63) is 53.6 Å². The van der Waals surface area contributed by atoms with Gasteiger partial charge in [0.05, 0.1) is 14.2 Å². The zero-order valence-electron chi connectivity index (χ0n) is 17.1. The van der Waals surface area contributed by atoms with Gasteiger partial charge in [0.25, 0.3) is 0 Å². The van der Waals surface area contributed by atoms with E-state index < -0.39 is 0 Å². The van der Waals surface area contributed by atoms with Crippen LogP contribution in [0.3, 0.4) is 0 Å². The van der Waals surface area contributed by atoms with Crippen LogP contribution in [0.4, 0.5) is 5.69 Å². The molecule has 1 aliphatic rings. The van der Waals surface area contributed by atoms with E-state index in [0.717, 1.165) is 38.2 Å². The van der Waals surface area contributed by atoms with Crippen LogP contribution in [0.15, 0.2) is 42.5 Å². The number of amides is 1. The monoisotopic (exact) mass is 382 g/mol. The molecule has 150 valence electrons. The molecule has 2 aromatic carbocycles. The quantitative estimate of drug-likeness (QED) is 0.734. The van der Waals surface area contributed by atoms with E-state index in [9.17, 15) is 4.79 Å². The average molecular weight is 383 g/mol. The smallest absolute Gasteiger partial charge is 0.223 e. The molecular formula is C23H30N2O3. The van der Waals surface area contributed by atoms with Crippen LogP contribution in [0.25, 0.3) is 0 Å². The Bertz CT molecular complexity index is 798. The molecule has 1 heterocycles. The van der Waals surface area contributed by atoms with E-state index in [4.69, 9.17) is 9.47 Å². The SMILES string of the molecule is CCc1ccccc1N1CCN(C(=O)CCc2ccc(OC)c(OC)c2)CC1. The molecule has 0 aromatic heterocycles. The summed E-state index contributed by atoms with van der Waals surface area (Å²) < 4.78 is 10.6. The standard InChI is InChI=1S/C23H30N2O3/c1-4-19-7-5-6-8-20(19)24-13-15-25(16-14-24)23(26)12-10-18-9-11-21(27-2)22(17-18)28-3/h5-9,11,17H,4,10,12-16H2,1-3H3. The van der Waals surface area contributed by atoms with Crippen molar-refractivity contribution in [2.75, 3.05) is 45.3 Å². The van der Waals surface area contributed by atoms with E-state index in [1.165, 1.54) is 11.3 Å². The lowest BCUT2D eigenvalue weighted by molar-refractivity contribution is -0.131. The summed E-state index contributed by atoms with van der Waals surface area (Å²) in [6.45, 7) is 5.52. The van der Waals surface area contributed by atoms with Crippen LogP contribution in [0, 0.1) is 0 Å². The van der Waals surface area contributed by atoms with Gasteiger partial charge in [-0.2, -0.15) is 0 Å². The molecule has 5 heteroatoms. The summed E-state index contributed by atoms with van der Waals surface area (Å²) in [5.41, 5.74) is 3.76. The minimum Gasteiger partial charge on any atom is -0.493 e. The molecule has 0 unspecified atom stereocenters. The number of rotatable bonds is 7. The van der Waals surface area contributed by atoms with Crippen LogP contribution in [0.2, 0.25) is 0 Å². The fourth-order valence-corrected chi connectivity index (χ4v) is 3.76. The molecule has 1 aliphatic heterocycles. The number of para-hydroxylation sites is 1. The van der Waals surface area contributed by atoms with Gasteiger partial charge in [-0.3, -0.25) is 4.79 Å². The van der Waals surface area contributed by atoms with Gasteiger partial charge in [-0.1, -0.05) is 31.2 Å². The number of anilines is 1. The highest BCUT2D eigenvalue weighted by Gasteiger charge is 2.22. The number of carbonyl (C=O) groups is 1. The molecule has 2 aromatic rings. The topological polar surface area (TPSA) is 42.0 Å². The van der Waals surface area contributed by atoms with Crippen LogP contribution < -0.4 is 14.4 Å². The van der Waals surface area contributed by atoms with E-state index >= 15 is 0 Å². The lowest BCUT2D eigenvalue weighted by atomic mass is 10.1. The molecule has 5 nitrogen and oxygen atoms in total. The largest absolute Gasteiger partial charge is 0.493 e. The third-order valence-corrected chi connectivity index (χ3v) is 5.42. The molecule has 0 atom stereocenters. The van der Waals surface area contributed by atoms with Crippen molar-refractivity contribution in [2.45, 2.75) is 26.2 Å². The van der Waals surface area contributed by atoms with Crippen molar-refractivity contribution >= 4 is 11.6 Å². The number of benzene rings is 2. The van der Waals surface area contributed by atoms with E-state index in [1.54, 1.807) is 14.2 Å². The Labute approximate surface area is 167 Å². The van der Waals surface area contributed by atoms with Crippen LogP contribution >= 0.6 is 0 Å². The third-order valence-electron chi connectivity index (χ3n) is 5.42. The highest BCUT2D eigenvalue weighted by molar-refractivity contribution is 5.77. The summed E-state index contributed by atoms with van der Waals surface area (Å²) in [6.07, 6.45) is 2.25. The highest BCUT2D eigenvalue weighted by atomic mass is 16.5. The lowest BCUT2D eigenvalue weighted by Gasteiger charge is -2.37. The van der Waals surface area contributed by atoms with E-state index in [-0.39, 0.29) is 5.91 Å². The summed E-state index contributed by atoms with van der Waals surface area (Å²) in [5, 5.41) is 0. The molecule has 0 N–H and O–H groups in total. The van der Waals surface area contributed by atoms with Crippen molar-refractivity contribution in [1.82, 2.24) is 4.90 Å².